The van der Waals surface area contributed by atoms with Crippen molar-refractivity contribution in [2.75, 3.05) is 28.6 Å². The summed E-state index contributed by atoms with van der Waals surface area (Å²) in [5, 5.41) is 14.7. The van der Waals surface area contributed by atoms with Gasteiger partial charge in [0.2, 0.25) is 0 Å². The molecule has 2 aromatic carbocycles. The lowest BCUT2D eigenvalue weighted by Crippen LogP contribution is -2.19. The molecule has 2 heterocycles. The first-order valence-electron chi connectivity index (χ1n) is 9.21. The Morgan fingerprint density at radius 3 is 2.32 bits per heavy atom. The molecule has 142 valence electrons. The fraction of sp³-hybridized carbons (Fsp3) is 0.190. The highest BCUT2D eigenvalue weighted by Gasteiger charge is 2.14. The summed E-state index contributed by atoms with van der Waals surface area (Å²) in [7, 11) is 0. The number of carbonyl (C=O) groups excluding carboxylic acids is 1. The predicted octanol–water partition coefficient (Wildman–Crippen LogP) is 5.04. The zero-order chi connectivity index (χ0) is 19.3. The Kier molecular flexibility index (Phi) is 5.39. The summed E-state index contributed by atoms with van der Waals surface area (Å²) in [6.07, 6.45) is 2.42. The summed E-state index contributed by atoms with van der Waals surface area (Å²) in [5.74, 6) is 0.927. The molecule has 0 radical (unpaired) electrons. The molecule has 2 amide bonds. The Morgan fingerprint density at radius 1 is 0.893 bits per heavy atom. The van der Waals surface area contributed by atoms with Crippen molar-refractivity contribution in [3.05, 3.63) is 65.7 Å². The number of hydrogen-bond acceptors (Lipinski definition) is 4. The maximum absolute atomic E-state index is 12.1. The first-order valence-corrected chi connectivity index (χ1v) is 9.58. The molecule has 1 aliphatic rings. The third kappa shape index (κ3) is 4.23. The van der Waals surface area contributed by atoms with Gasteiger partial charge < -0.3 is 15.5 Å². The SMILES string of the molecule is O=C(Nc1ccc(-c2ccc(N3CCCC3)nn2)cc1)Nc1ccccc1Cl. The number of nitrogens with one attached hydrogen (secondary N) is 2. The minimum Gasteiger partial charge on any atom is -0.355 e. The Balaban J connectivity index is 1.39. The van der Waals surface area contributed by atoms with Crippen LogP contribution in [0, 0.1) is 0 Å². The number of hydrogen-bond donors (Lipinski definition) is 2. The van der Waals surface area contributed by atoms with Crippen molar-refractivity contribution < 1.29 is 4.79 Å². The van der Waals surface area contributed by atoms with Crippen molar-refractivity contribution in [1.29, 1.82) is 0 Å². The van der Waals surface area contributed by atoms with E-state index in [-0.39, 0.29) is 6.03 Å². The molecule has 28 heavy (non-hydrogen) atoms. The smallest absolute Gasteiger partial charge is 0.323 e. The van der Waals surface area contributed by atoms with Crippen LogP contribution in [0.3, 0.4) is 0 Å². The van der Waals surface area contributed by atoms with E-state index in [9.17, 15) is 4.79 Å². The second-order valence-electron chi connectivity index (χ2n) is 6.61. The van der Waals surface area contributed by atoms with Gasteiger partial charge >= 0.3 is 6.03 Å². The molecule has 0 bridgehead atoms. The van der Waals surface area contributed by atoms with E-state index in [1.165, 1.54) is 12.8 Å². The molecule has 0 unspecified atom stereocenters. The molecule has 4 rings (SSSR count). The second-order valence-corrected chi connectivity index (χ2v) is 7.01. The Hall–Kier alpha value is -3.12. The van der Waals surface area contributed by atoms with Crippen LogP contribution in [0.25, 0.3) is 11.3 Å². The maximum Gasteiger partial charge on any atom is 0.323 e. The van der Waals surface area contributed by atoms with Crippen molar-refractivity contribution >= 4 is 34.8 Å². The zero-order valence-electron chi connectivity index (χ0n) is 15.2. The standard InChI is InChI=1S/C21H20ClN5O/c22-17-5-1-2-6-19(17)24-21(28)23-16-9-7-15(8-10-16)18-11-12-20(26-25-18)27-13-3-4-14-27/h1-2,5-12H,3-4,13-14H2,(H2,23,24,28). The quantitative estimate of drug-likeness (QED) is 0.651. The number of benzene rings is 2. The predicted molar refractivity (Wildman–Crippen MR) is 113 cm³/mol. The van der Waals surface area contributed by atoms with E-state index in [2.05, 4.69) is 25.7 Å². The van der Waals surface area contributed by atoms with Crippen molar-refractivity contribution in [3.8, 4) is 11.3 Å². The fourth-order valence-electron chi connectivity index (χ4n) is 3.17. The lowest BCUT2D eigenvalue weighted by Gasteiger charge is -2.15. The lowest BCUT2D eigenvalue weighted by molar-refractivity contribution is 0.262. The summed E-state index contributed by atoms with van der Waals surface area (Å²) in [4.78, 5) is 14.4. The molecule has 2 N–H and O–H groups in total. The summed E-state index contributed by atoms with van der Waals surface area (Å²) in [6.45, 7) is 2.09. The van der Waals surface area contributed by atoms with Gasteiger partial charge in [-0.05, 0) is 49.2 Å². The van der Waals surface area contributed by atoms with Crippen LogP contribution in [0.15, 0.2) is 60.7 Å². The number of halogens is 1. The number of carbonyl (C=O) groups is 1. The molecule has 6 nitrogen and oxygen atoms in total. The van der Waals surface area contributed by atoms with E-state index >= 15 is 0 Å². The summed E-state index contributed by atoms with van der Waals surface area (Å²) < 4.78 is 0. The van der Waals surface area contributed by atoms with Crippen LogP contribution in [-0.4, -0.2) is 29.3 Å². The van der Waals surface area contributed by atoms with Gasteiger partial charge in [0.25, 0.3) is 0 Å². The first-order chi connectivity index (χ1) is 13.7. The molecular formula is C21H20ClN5O. The lowest BCUT2D eigenvalue weighted by atomic mass is 10.1. The Labute approximate surface area is 168 Å². The van der Waals surface area contributed by atoms with Crippen LogP contribution in [0.4, 0.5) is 22.0 Å². The zero-order valence-corrected chi connectivity index (χ0v) is 16.0. The molecule has 3 aromatic rings. The molecule has 1 aromatic heterocycles. The van der Waals surface area contributed by atoms with Crippen LogP contribution in [0.1, 0.15) is 12.8 Å². The minimum absolute atomic E-state index is 0.351. The van der Waals surface area contributed by atoms with Crippen molar-refractivity contribution in [2.24, 2.45) is 0 Å². The Morgan fingerprint density at radius 2 is 1.64 bits per heavy atom. The van der Waals surface area contributed by atoms with Gasteiger partial charge in [-0.25, -0.2) is 4.79 Å². The van der Waals surface area contributed by atoms with Crippen molar-refractivity contribution in [3.63, 3.8) is 0 Å². The number of urea groups is 1. The third-order valence-corrected chi connectivity index (χ3v) is 4.97. The highest BCUT2D eigenvalue weighted by Crippen LogP contribution is 2.23. The summed E-state index contributed by atoms with van der Waals surface area (Å²) >= 11 is 6.05. The summed E-state index contributed by atoms with van der Waals surface area (Å²) in [6, 6.07) is 18.2. The number of amides is 2. The Bertz CT molecular complexity index is 953. The normalized spacial score (nSPS) is 13.4. The number of nitrogens with zero attached hydrogens (tertiary/aromatic N) is 3. The molecule has 0 atom stereocenters. The molecule has 1 aliphatic heterocycles. The van der Waals surface area contributed by atoms with Gasteiger partial charge in [-0.2, -0.15) is 0 Å². The van der Waals surface area contributed by atoms with Crippen LogP contribution >= 0.6 is 11.6 Å². The van der Waals surface area contributed by atoms with Gasteiger partial charge in [-0.15, -0.1) is 10.2 Å². The minimum atomic E-state index is -0.351. The van der Waals surface area contributed by atoms with Crippen LogP contribution in [0.5, 0.6) is 0 Å². The van der Waals surface area contributed by atoms with E-state index in [4.69, 9.17) is 11.6 Å². The summed E-state index contributed by atoms with van der Waals surface area (Å²) in [5.41, 5.74) is 2.98. The average molecular weight is 394 g/mol. The molecule has 0 spiro atoms. The van der Waals surface area contributed by atoms with Crippen LogP contribution in [0.2, 0.25) is 5.02 Å². The number of anilines is 3. The van der Waals surface area contributed by atoms with E-state index in [1.807, 2.05) is 48.5 Å². The third-order valence-electron chi connectivity index (χ3n) is 4.64. The van der Waals surface area contributed by atoms with E-state index in [1.54, 1.807) is 12.1 Å². The van der Waals surface area contributed by atoms with E-state index in [0.29, 0.717) is 16.4 Å². The van der Waals surface area contributed by atoms with Gasteiger partial charge in [-0.1, -0.05) is 35.9 Å². The maximum atomic E-state index is 12.1. The second kappa shape index (κ2) is 8.27. The molecular weight excluding hydrogens is 374 g/mol. The van der Waals surface area contributed by atoms with Crippen molar-refractivity contribution in [2.45, 2.75) is 12.8 Å². The average Bonchev–Trinajstić information content (AvgIpc) is 3.25. The van der Waals surface area contributed by atoms with Crippen LogP contribution in [-0.2, 0) is 0 Å². The first kappa shape index (κ1) is 18.3. The van der Waals surface area contributed by atoms with Crippen molar-refractivity contribution in [1.82, 2.24) is 10.2 Å². The number of para-hydroxylation sites is 1. The van der Waals surface area contributed by atoms with E-state index < -0.39 is 0 Å². The molecule has 7 heteroatoms. The fourth-order valence-corrected chi connectivity index (χ4v) is 3.35. The molecule has 0 saturated carbocycles. The highest BCUT2D eigenvalue weighted by molar-refractivity contribution is 6.33. The van der Waals surface area contributed by atoms with Gasteiger partial charge in [0.05, 0.1) is 16.4 Å². The van der Waals surface area contributed by atoms with Gasteiger partial charge in [0, 0.05) is 24.3 Å². The topological polar surface area (TPSA) is 70.2 Å². The van der Waals surface area contributed by atoms with Gasteiger partial charge in [-0.3, -0.25) is 0 Å². The number of aromatic nitrogens is 2. The monoisotopic (exact) mass is 393 g/mol. The van der Waals surface area contributed by atoms with Crippen LogP contribution < -0.4 is 15.5 Å². The van der Waals surface area contributed by atoms with Gasteiger partial charge in [0.15, 0.2) is 5.82 Å². The van der Waals surface area contributed by atoms with E-state index in [0.717, 1.165) is 30.2 Å². The molecule has 0 aliphatic carbocycles. The number of rotatable bonds is 4. The molecule has 1 saturated heterocycles. The highest BCUT2D eigenvalue weighted by atomic mass is 35.5. The molecule has 1 fully saturated rings. The van der Waals surface area contributed by atoms with Gasteiger partial charge in [0.1, 0.15) is 0 Å². The largest absolute Gasteiger partial charge is 0.355 e.